The molecule has 1 heterocycles. The van der Waals surface area contributed by atoms with Crippen molar-refractivity contribution < 1.29 is 0 Å². The lowest BCUT2D eigenvalue weighted by molar-refractivity contribution is 0.217. The number of nitrogens with zero attached hydrogens (tertiary/aromatic N) is 2. The molecule has 0 amide bonds. The van der Waals surface area contributed by atoms with Crippen LogP contribution in [0.25, 0.3) is 0 Å². The summed E-state index contributed by atoms with van der Waals surface area (Å²) in [6.07, 6.45) is 10.7. The number of aromatic nitrogens is 2. The first-order valence-electron chi connectivity index (χ1n) is 5.51. The van der Waals surface area contributed by atoms with Crippen LogP contribution in [0.1, 0.15) is 45.1 Å². The second-order valence-corrected chi connectivity index (χ2v) is 5.07. The molecule has 0 aliphatic heterocycles. The van der Waals surface area contributed by atoms with Gasteiger partial charge in [-0.1, -0.05) is 26.2 Å². The SMILES string of the molecule is CCC1CCCCC1n1cc(Br)cn1. The average molecular weight is 257 g/mol. The van der Waals surface area contributed by atoms with Gasteiger partial charge in [-0.3, -0.25) is 4.68 Å². The third kappa shape index (κ3) is 2.02. The number of hydrogen-bond donors (Lipinski definition) is 0. The first kappa shape index (κ1) is 10.2. The molecule has 2 atom stereocenters. The van der Waals surface area contributed by atoms with Crippen LogP contribution in [-0.2, 0) is 0 Å². The standard InChI is InChI=1S/C11H17BrN2/c1-2-9-5-3-4-6-11(9)14-8-10(12)7-13-14/h7-9,11H,2-6H2,1H3. The Bertz CT molecular complexity index is 295. The predicted molar refractivity (Wildman–Crippen MR) is 61.2 cm³/mol. The van der Waals surface area contributed by atoms with Gasteiger partial charge in [-0.15, -0.1) is 0 Å². The molecule has 0 radical (unpaired) electrons. The summed E-state index contributed by atoms with van der Waals surface area (Å²) in [6, 6.07) is 0.639. The van der Waals surface area contributed by atoms with Crippen molar-refractivity contribution in [2.45, 2.75) is 45.1 Å². The van der Waals surface area contributed by atoms with Gasteiger partial charge in [0.05, 0.1) is 16.7 Å². The predicted octanol–water partition coefficient (Wildman–Crippen LogP) is 3.79. The highest BCUT2D eigenvalue weighted by atomic mass is 79.9. The van der Waals surface area contributed by atoms with E-state index in [-0.39, 0.29) is 0 Å². The van der Waals surface area contributed by atoms with E-state index >= 15 is 0 Å². The fourth-order valence-corrected chi connectivity index (χ4v) is 2.81. The normalized spacial score (nSPS) is 27.9. The van der Waals surface area contributed by atoms with Gasteiger partial charge in [0.25, 0.3) is 0 Å². The Balaban J connectivity index is 2.14. The summed E-state index contributed by atoms with van der Waals surface area (Å²) in [6.45, 7) is 2.29. The quantitative estimate of drug-likeness (QED) is 0.788. The summed E-state index contributed by atoms with van der Waals surface area (Å²) in [5, 5.41) is 4.41. The summed E-state index contributed by atoms with van der Waals surface area (Å²) < 4.78 is 3.25. The van der Waals surface area contributed by atoms with Crippen LogP contribution in [0.2, 0.25) is 0 Å². The van der Waals surface area contributed by atoms with Crippen LogP contribution in [0, 0.1) is 5.92 Å². The summed E-state index contributed by atoms with van der Waals surface area (Å²) in [5.41, 5.74) is 0. The highest BCUT2D eigenvalue weighted by Crippen LogP contribution is 2.35. The van der Waals surface area contributed by atoms with Crippen LogP contribution < -0.4 is 0 Å². The van der Waals surface area contributed by atoms with Gasteiger partial charge in [-0.05, 0) is 34.7 Å². The Kier molecular flexibility index (Phi) is 3.26. The van der Waals surface area contributed by atoms with Gasteiger partial charge in [0.1, 0.15) is 0 Å². The van der Waals surface area contributed by atoms with Crippen LogP contribution >= 0.6 is 15.9 Å². The number of halogens is 1. The third-order valence-corrected chi connectivity index (χ3v) is 3.71. The molecule has 2 unspecified atom stereocenters. The molecule has 0 bridgehead atoms. The zero-order valence-electron chi connectivity index (χ0n) is 8.62. The van der Waals surface area contributed by atoms with Crippen molar-refractivity contribution in [2.24, 2.45) is 5.92 Å². The molecule has 2 nitrogen and oxygen atoms in total. The minimum absolute atomic E-state index is 0.639. The number of hydrogen-bond acceptors (Lipinski definition) is 1. The van der Waals surface area contributed by atoms with Crippen LogP contribution in [0.3, 0.4) is 0 Å². The highest BCUT2D eigenvalue weighted by Gasteiger charge is 2.25. The van der Waals surface area contributed by atoms with Crippen molar-refractivity contribution in [3.63, 3.8) is 0 Å². The van der Waals surface area contributed by atoms with E-state index < -0.39 is 0 Å². The van der Waals surface area contributed by atoms with Gasteiger partial charge >= 0.3 is 0 Å². The van der Waals surface area contributed by atoms with Crippen LogP contribution in [0.15, 0.2) is 16.9 Å². The number of rotatable bonds is 2. The molecule has 1 aliphatic carbocycles. The van der Waals surface area contributed by atoms with E-state index in [9.17, 15) is 0 Å². The first-order valence-corrected chi connectivity index (χ1v) is 6.30. The smallest absolute Gasteiger partial charge is 0.0632 e. The molecule has 14 heavy (non-hydrogen) atoms. The molecule has 1 fully saturated rings. The Morgan fingerprint density at radius 3 is 2.93 bits per heavy atom. The monoisotopic (exact) mass is 256 g/mol. The Labute approximate surface area is 93.8 Å². The van der Waals surface area contributed by atoms with Crippen LogP contribution in [-0.4, -0.2) is 9.78 Å². The van der Waals surface area contributed by atoms with Gasteiger partial charge < -0.3 is 0 Å². The van der Waals surface area contributed by atoms with Crippen LogP contribution in [0.5, 0.6) is 0 Å². The maximum atomic E-state index is 4.41. The van der Waals surface area contributed by atoms with Crippen molar-refractivity contribution in [3.05, 3.63) is 16.9 Å². The topological polar surface area (TPSA) is 17.8 Å². The Morgan fingerprint density at radius 2 is 2.29 bits per heavy atom. The zero-order valence-corrected chi connectivity index (χ0v) is 10.2. The molecule has 0 aromatic carbocycles. The minimum Gasteiger partial charge on any atom is -0.268 e. The lowest BCUT2D eigenvalue weighted by Gasteiger charge is -2.30. The van der Waals surface area contributed by atoms with Crippen molar-refractivity contribution in [3.8, 4) is 0 Å². The summed E-state index contributed by atoms with van der Waals surface area (Å²) >= 11 is 3.46. The molecular formula is C11H17BrN2. The largest absolute Gasteiger partial charge is 0.268 e. The third-order valence-electron chi connectivity index (χ3n) is 3.30. The summed E-state index contributed by atoms with van der Waals surface area (Å²) in [7, 11) is 0. The van der Waals surface area contributed by atoms with E-state index in [1.165, 1.54) is 32.1 Å². The highest BCUT2D eigenvalue weighted by molar-refractivity contribution is 9.10. The van der Waals surface area contributed by atoms with Gasteiger partial charge in [-0.25, -0.2) is 0 Å². The Morgan fingerprint density at radius 1 is 1.50 bits per heavy atom. The van der Waals surface area contributed by atoms with E-state index in [0.29, 0.717) is 6.04 Å². The van der Waals surface area contributed by atoms with Crippen molar-refractivity contribution in [2.75, 3.05) is 0 Å². The first-order chi connectivity index (χ1) is 6.81. The molecule has 1 saturated carbocycles. The maximum absolute atomic E-state index is 4.41. The van der Waals surface area contributed by atoms with E-state index in [0.717, 1.165) is 10.4 Å². The fraction of sp³-hybridized carbons (Fsp3) is 0.727. The van der Waals surface area contributed by atoms with Crippen molar-refractivity contribution in [1.29, 1.82) is 0 Å². The Hall–Kier alpha value is -0.310. The molecule has 1 aliphatic rings. The zero-order chi connectivity index (χ0) is 9.97. The maximum Gasteiger partial charge on any atom is 0.0632 e. The van der Waals surface area contributed by atoms with E-state index in [1.54, 1.807) is 0 Å². The van der Waals surface area contributed by atoms with Gasteiger partial charge in [0, 0.05) is 6.20 Å². The molecule has 0 N–H and O–H groups in total. The molecule has 1 aromatic heterocycles. The van der Waals surface area contributed by atoms with Gasteiger partial charge in [0.2, 0.25) is 0 Å². The fourth-order valence-electron chi connectivity index (χ4n) is 2.51. The van der Waals surface area contributed by atoms with Crippen molar-refractivity contribution in [1.82, 2.24) is 9.78 Å². The minimum atomic E-state index is 0.639. The molecule has 3 heteroatoms. The summed E-state index contributed by atoms with van der Waals surface area (Å²) in [4.78, 5) is 0. The van der Waals surface area contributed by atoms with E-state index in [2.05, 4.69) is 38.8 Å². The second kappa shape index (κ2) is 4.47. The average Bonchev–Trinajstić information content (AvgIpc) is 2.65. The van der Waals surface area contributed by atoms with Gasteiger partial charge in [0.15, 0.2) is 0 Å². The van der Waals surface area contributed by atoms with Crippen LogP contribution in [0.4, 0.5) is 0 Å². The lowest BCUT2D eigenvalue weighted by Crippen LogP contribution is -2.23. The molecule has 78 valence electrons. The van der Waals surface area contributed by atoms with E-state index in [1.807, 2.05) is 6.20 Å². The molecule has 0 saturated heterocycles. The van der Waals surface area contributed by atoms with E-state index in [4.69, 9.17) is 0 Å². The van der Waals surface area contributed by atoms with Crippen molar-refractivity contribution >= 4 is 15.9 Å². The van der Waals surface area contributed by atoms with Gasteiger partial charge in [-0.2, -0.15) is 5.10 Å². The molecule has 0 spiro atoms. The molecule has 2 rings (SSSR count). The lowest BCUT2D eigenvalue weighted by atomic mass is 9.83. The molecule has 1 aromatic rings. The summed E-state index contributed by atoms with van der Waals surface area (Å²) in [5.74, 6) is 0.829. The molecular weight excluding hydrogens is 240 g/mol. The second-order valence-electron chi connectivity index (χ2n) is 4.16.